The molecule has 1 aliphatic carbocycles. The van der Waals surface area contributed by atoms with Crippen molar-refractivity contribution in [3.8, 4) is 5.75 Å². The maximum Gasteiger partial charge on any atom is 0.178 e. The number of nitrogens with one attached hydrogen (secondary N) is 2. The average molecular weight is 361 g/mol. The van der Waals surface area contributed by atoms with E-state index in [1.165, 1.54) is 19.3 Å². The minimum atomic E-state index is 0.351. The van der Waals surface area contributed by atoms with Crippen LogP contribution in [0.5, 0.6) is 5.75 Å². The maximum atomic E-state index is 6.32. The van der Waals surface area contributed by atoms with Gasteiger partial charge in [0.25, 0.3) is 0 Å². The highest BCUT2D eigenvalue weighted by Crippen LogP contribution is 2.33. The van der Waals surface area contributed by atoms with Gasteiger partial charge in [0.1, 0.15) is 11.3 Å². The number of aryl methyl sites for hydroxylation is 1. The highest BCUT2D eigenvalue weighted by Gasteiger charge is 2.18. The molecule has 0 atom stereocenters. The van der Waals surface area contributed by atoms with Crippen LogP contribution in [0.25, 0.3) is 21.9 Å². The van der Waals surface area contributed by atoms with Crippen molar-refractivity contribution in [1.29, 1.82) is 0 Å². The zero-order valence-corrected chi connectivity index (χ0v) is 15.4. The molecule has 138 valence electrons. The predicted octanol–water partition coefficient (Wildman–Crippen LogP) is 4.90. The Bertz CT molecular complexity index is 1090. The number of ether oxygens (including phenoxy) is 1. The fraction of sp³-hybridized carbons (Fsp3) is 0.333. The molecule has 0 aliphatic heterocycles. The molecule has 0 spiro atoms. The molecule has 1 fully saturated rings. The SMILES string of the molecule is Cn1cc(OC2CCCCC2)c2ccc(Nc3n[nH]c4cccnc34)cc21. The van der Waals surface area contributed by atoms with Crippen LogP contribution in [0.1, 0.15) is 32.1 Å². The van der Waals surface area contributed by atoms with Crippen LogP contribution in [-0.2, 0) is 7.05 Å². The van der Waals surface area contributed by atoms with E-state index in [2.05, 4.69) is 56.5 Å². The van der Waals surface area contributed by atoms with Crippen molar-refractivity contribution in [2.75, 3.05) is 5.32 Å². The molecule has 3 heterocycles. The Kier molecular flexibility index (Phi) is 3.96. The standard InChI is InChI=1S/C21H23N5O/c1-26-13-19(27-15-6-3-2-4-7-15)16-10-9-14(12-18(16)26)23-21-20-17(24-25-21)8-5-11-22-20/h5,8-13,15H,2-4,6-7H2,1H3,(H2,23,24,25). The summed E-state index contributed by atoms with van der Waals surface area (Å²) in [7, 11) is 2.06. The van der Waals surface area contributed by atoms with Gasteiger partial charge < -0.3 is 14.6 Å². The van der Waals surface area contributed by atoms with Gasteiger partial charge in [-0.15, -0.1) is 0 Å². The Morgan fingerprint density at radius 3 is 2.96 bits per heavy atom. The fourth-order valence-corrected chi connectivity index (χ4v) is 3.96. The molecule has 1 saturated carbocycles. The summed E-state index contributed by atoms with van der Waals surface area (Å²) in [6, 6.07) is 10.2. The number of hydrogen-bond acceptors (Lipinski definition) is 4. The van der Waals surface area contributed by atoms with Crippen LogP contribution < -0.4 is 10.1 Å². The third-order valence-electron chi connectivity index (χ3n) is 5.38. The molecule has 0 radical (unpaired) electrons. The monoisotopic (exact) mass is 361 g/mol. The van der Waals surface area contributed by atoms with Gasteiger partial charge >= 0.3 is 0 Å². The molecule has 1 aromatic carbocycles. The van der Waals surface area contributed by atoms with Gasteiger partial charge in [0.05, 0.1) is 17.1 Å². The molecule has 0 saturated heterocycles. The van der Waals surface area contributed by atoms with E-state index in [1.54, 1.807) is 6.20 Å². The molecular weight excluding hydrogens is 338 g/mol. The van der Waals surface area contributed by atoms with Gasteiger partial charge in [-0.3, -0.25) is 10.1 Å². The van der Waals surface area contributed by atoms with Crippen LogP contribution >= 0.6 is 0 Å². The lowest BCUT2D eigenvalue weighted by Gasteiger charge is -2.22. The topological polar surface area (TPSA) is 67.8 Å². The lowest BCUT2D eigenvalue weighted by atomic mass is 9.98. The number of anilines is 2. The maximum absolute atomic E-state index is 6.32. The quantitative estimate of drug-likeness (QED) is 0.542. The number of aromatic nitrogens is 4. The molecule has 3 aromatic heterocycles. The molecule has 5 rings (SSSR count). The van der Waals surface area contributed by atoms with Gasteiger partial charge in [0.15, 0.2) is 5.82 Å². The second kappa shape index (κ2) is 6.61. The van der Waals surface area contributed by atoms with E-state index < -0.39 is 0 Å². The first-order chi connectivity index (χ1) is 13.3. The van der Waals surface area contributed by atoms with Crippen LogP contribution in [0, 0.1) is 0 Å². The minimum Gasteiger partial charge on any atom is -0.488 e. The van der Waals surface area contributed by atoms with Crippen LogP contribution in [0.4, 0.5) is 11.5 Å². The third kappa shape index (κ3) is 3.01. The van der Waals surface area contributed by atoms with Crippen molar-refractivity contribution in [3.63, 3.8) is 0 Å². The van der Waals surface area contributed by atoms with E-state index in [9.17, 15) is 0 Å². The summed E-state index contributed by atoms with van der Waals surface area (Å²) in [5.41, 5.74) is 3.87. The summed E-state index contributed by atoms with van der Waals surface area (Å²) in [5, 5.41) is 11.9. The number of H-pyrrole nitrogens is 1. The highest BCUT2D eigenvalue weighted by molar-refractivity contribution is 5.92. The van der Waals surface area contributed by atoms with Gasteiger partial charge in [-0.25, -0.2) is 0 Å². The number of fused-ring (bicyclic) bond motifs is 2. The van der Waals surface area contributed by atoms with Crippen molar-refractivity contribution in [1.82, 2.24) is 19.7 Å². The van der Waals surface area contributed by atoms with E-state index in [4.69, 9.17) is 4.74 Å². The summed E-state index contributed by atoms with van der Waals surface area (Å²) in [6.07, 6.45) is 10.4. The molecule has 0 amide bonds. The van der Waals surface area contributed by atoms with E-state index in [0.29, 0.717) is 6.10 Å². The minimum absolute atomic E-state index is 0.351. The van der Waals surface area contributed by atoms with Crippen LogP contribution in [-0.4, -0.2) is 25.9 Å². The van der Waals surface area contributed by atoms with Crippen molar-refractivity contribution in [2.24, 2.45) is 7.05 Å². The normalized spacial score (nSPS) is 15.4. The van der Waals surface area contributed by atoms with E-state index >= 15 is 0 Å². The number of hydrogen-bond donors (Lipinski definition) is 2. The van der Waals surface area contributed by atoms with Gasteiger partial charge in [-0.05, 0) is 56.0 Å². The first-order valence-electron chi connectivity index (χ1n) is 9.60. The Balaban J connectivity index is 1.44. The lowest BCUT2D eigenvalue weighted by molar-refractivity contribution is 0.157. The van der Waals surface area contributed by atoms with Crippen molar-refractivity contribution >= 4 is 33.4 Å². The zero-order chi connectivity index (χ0) is 18.2. The zero-order valence-electron chi connectivity index (χ0n) is 15.4. The van der Waals surface area contributed by atoms with Crippen molar-refractivity contribution in [2.45, 2.75) is 38.2 Å². The number of benzene rings is 1. The average Bonchev–Trinajstić information content (AvgIpc) is 3.24. The number of nitrogens with zero attached hydrogens (tertiary/aromatic N) is 3. The smallest absolute Gasteiger partial charge is 0.178 e. The molecule has 0 unspecified atom stereocenters. The van der Waals surface area contributed by atoms with Crippen LogP contribution in [0.15, 0.2) is 42.7 Å². The third-order valence-corrected chi connectivity index (χ3v) is 5.38. The van der Waals surface area contributed by atoms with Gasteiger partial charge in [-0.2, -0.15) is 5.10 Å². The molecule has 6 heteroatoms. The van der Waals surface area contributed by atoms with Gasteiger partial charge in [-0.1, -0.05) is 6.42 Å². The Morgan fingerprint density at radius 1 is 1.19 bits per heavy atom. The summed E-state index contributed by atoms with van der Waals surface area (Å²) < 4.78 is 8.45. The molecule has 27 heavy (non-hydrogen) atoms. The second-order valence-corrected chi connectivity index (χ2v) is 7.31. The molecule has 2 N–H and O–H groups in total. The highest BCUT2D eigenvalue weighted by atomic mass is 16.5. The van der Waals surface area contributed by atoms with Gasteiger partial charge in [0, 0.05) is 30.5 Å². The molecular formula is C21H23N5O. The summed E-state index contributed by atoms with van der Waals surface area (Å²) >= 11 is 0. The van der Waals surface area contributed by atoms with Crippen LogP contribution in [0.2, 0.25) is 0 Å². The van der Waals surface area contributed by atoms with E-state index in [-0.39, 0.29) is 0 Å². The first kappa shape index (κ1) is 16.2. The predicted molar refractivity (Wildman–Crippen MR) is 108 cm³/mol. The molecule has 1 aliphatic rings. The Labute approximate surface area is 157 Å². The van der Waals surface area contributed by atoms with E-state index in [0.717, 1.165) is 52.0 Å². The number of pyridine rings is 1. The number of aromatic amines is 1. The summed E-state index contributed by atoms with van der Waals surface area (Å²) in [5.74, 6) is 1.72. The summed E-state index contributed by atoms with van der Waals surface area (Å²) in [4.78, 5) is 4.40. The van der Waals surface area contributed by atoms with E-state index in [1.807, 2.05) is 12.1 Å². The first-order valence-corrected chi connectivity index (χ1v) is 9.60. The summed E-state index contributed by atoms with van der Waals surface area (Å²) in [6.45, 7) is 0. The fourth-order valence-electron chi connectivity index (χ4n) is 3.96. The Hall–Kier alpha value is -3.02. The lowest BCUT2D eigenvalue weighted by Crippen LogP contribution is -2.19. The largest absolute Gasteiger partial charge is 0.488 e. The molecule has 0 bridgehead atoms. The van der Waals surface area contributed by atoms with Crippen molar-refractivity contribution in [3.05, 3.63) is 42.7 Å². The molecule has 4 aromatic rings. The van der Waals surface area contributed by atoms with Gasteiger partial charge in [0.2, 0.25) is 0 Å². The Morgan fingerprint density at radius 2 is 2.07 bits per heavy atom. The van der Waals surface area contributed by atoms with Crippen LogP contribution in [0.3, 0.4) is 0 Å². The molecule has 6 nitrogen and oxygen atoms in total. The number of rotatable bonds is 4. The second-order valence-electron chi connectivity index (χ2n) is 7.31. The van der Waals surface area contributed by atoms with Crippen molar-refractivity contribution < 1.29 is 4.74 Å².